The molecule has 0 heterocycles. The summed E-state index contributed by atoms with van der Waals surface area (Å²) < 4.78 is 0. The minimum absolute atomic E-state index is 0.0460. The molecular formula is C17H20N2O. The van der Waals surface area contributed by atoms with E-state index in [1.54, 1.807) is 0 Å². The fourth-order valence-corrected chi connectivity index (χ4v) is 2.15. The average Bonchev–Trinajstić information content (AvgIpc) is 2.38. The molecule has 2 N–H and O–H groups in total. The van der Waals surface area contributed by atoms with E-state index in [1.807, 2.05) is 63.2 Å². The summed E-state index contributed by atoms with van der Waals surface area (Å²) in [5.41, 5.74) is 4.15. The average molecular weight is 268 g/mol. The zero-order chi connectivity index (χ0) is 14.5. The van der Waals surface area contributed by atoms with Crippen molar-refractivity contribution in [3.63, 3.8) is 0 Å². The second kappa shape index (κ2) is 6.24. The number of amides is 1. The number of nitrogens with one attached hydrogen (secondary N) is 2. The van der Waals surface area contributed by atoms with E-state index in [-0.39, 0.29) is 11.9 Å². The first-order valence-corrected chi connectivity index (χ1v) is 6.75. The van der Waals surface area contributed by atoms with E-state index in [0.29, 0.717) is 0 Å². The van der Waals surface area contributed by atoms with Gasteiger partial charge < -0.3 is 10.6 Å². The molecule has 0 aliphatic carbocycles. The molecule has 2 aromatic rings. The van der Waals surface area contributed by atoms with Crippen LogP contribution < -0.4 is 10.6 Å². The van der Waals surface area contributed by atoms with Gasteiger partial charge in [-0.15, -0.1) is 0 Å². The monoisotopic (exact) mass is 268 g/mol. The summed E-state index contributed by atoms with van der Waals surface area (Å²) in [5.74, 6) is -0.0460. The van der Waals surface area contributed by atoms with E-state index in [0.717, 1.165) is 11.4 Å². The molecule has 1 unspecified atom stereocenters. The molecular weight excluding hydrogens is 248 g/mol. The summed E-state index contributed by atoms with van der Waals surface area (Å²) in [6, 6.07) is 15.4. The molecule has 104 valence electrons. The number of hydrogen-bond acceptors (Lipinski definition) is 2. The SMILES string of the molecule is Cc1cc(C)cc(NC(C)C(=O)Nc2ccccc2)c1. The van der Waals surface area contributed by atoms with Crippen molar-refractivity contribution in [3.05, 3.63) is 59.7 Å². The number of carbonyl (C=O) groups excluding carboxylic acids is 1. The second-order valence-electron chi connectivity index (χ2n) is 5.10. The highest BCUT2D eigenvalue weighted by Gasteiger charge is 2.12. The maximum atomic E-state index is 12.1. The quantitative estimate of drug-likeness (QED) is 0.886. The number of rotatable bonds is 4. The lowest BCUT2D eigenvalue weighted by Crippen LogP contribution is -2.31. The third-order valence-electron chi connectivity index (χ3n) is 3.04. The van der Waals surface area contributed by atoms with Crippen LogP contribution in [-0.2, 0) is 4.79 Å². The van der Waals surface area contributed by atoms with E-state index < -0.39 is 0 Å². The van der Waals surface area contributed by atoms with Gasteiger partial charge >= 0.3 is 0 Å². The Hall–Kier alpha value is -2.29. The summed E-state index contributed by atoms with van der Waals surface area (Å²) in [5, 5.41) is 6.12. The van der Waals surface area contributed by atoms with Gasteiger partial charge in [-0.1, -0.05) is 24.3 Å². The molecule has 1 amide bonds. The van der Waals surface area contributed by atoms with Gasteiger partial charge in [-0.05, 0) is 56.2 Å². The number of benzene rings is 2. The first kappa shape index (κ1) is 14.1. The molecule has 0 aliphatic heterocycles. The molecule has 0 saturated carbocycles. The van der Waals surface area contributed by atoms with Gasteiger partial charge in [0.25, 0.3) is 0 Å². The molecule has 0 aliphatic rings. The second-order valence-corrected chi connectivity index (χ2v) is 5.10. The molecule has 0 radical (unpaired) electrons. The molecule has 0 saturated heterocycles. The minimum atomic E-state index is -0.295. The third-order valence-corrected chi connectivity index (χ3v) is 3.04. The Bertz CT molecular complexity index is 573. The lowest BCUT2D eigenvalue weighted by atomic mass is 10.1. The van der Waals surface area contributed by atoms with E-state index in [1.165, 1.54) is 11.1 Å². The Kier molecular flexibility index (Phi) is 4.41. The van der Waals surface area contributed by atoms with Gasteiger partial charge in [0, 0.05) is 11.4 Å². The zero-order valence-electron chi connectivity index (χ0n) is 12.1. The molecule has 0 spiro atoms. The maximum absolute atomic E-state index is 12.1. The lowest BCUT2D eigenvalue weighted by molar-refractivity contribution is -0.116. The summed E-state index contributed by atoms with van der Waals surface area (Å²) >= 11 is 0. The van der Waals surface area contributed by atoms with E-state index in [9.17, 15) is 4.79 Å². The number of anilines is 2. The molecule has 3 nitrogen and oxygen atoms in total. The third kappa shape index (κ3) is 3.85. The first-order valence-electron chi connectivity index (χ1n) is 6.75. The Morgan fingerprint density at radius 1 is 0.950 bits per heavy atom. The molecule has 0 bridgehead atoms. The largest absolute Gasteiger partial charge is 0.374 e. The van der Waals surface area contributed by atoms with Crippen molar-refractivity contribution in [2.24, 2.45) is 0 Å². The molecule has 1 atom stereocenters. The van der Waals surface area contributed by atoms with Crippen LogP contribution in [0, 0.1) is 13.8 Å². The fraction of sp³-hybridized carbons (Fsp3) is 0.235. The van der Waals surface area contributed by atoms with Crippen molar-refractivity contribution in [3.8, 4) is 0 Å². The lowest BCUT2D eigenvalue weighted by Gasteiger charge is -2.16. The topological polar surface area (TPSA) is 41.1 Å². The molecule has 20 heavy (non-hydrogen) atoms. The summed E-state index contributed by atoms with van der Waals surface area (Å²) in [4.78, 5) is 12.1. The van der Waals surface area contributed by atoms with Gasteiger partial charge in [0.2, 0.25) is 5.91 Å². The Morgan fingerprint density at radius 2 is 1.55 bits per heavy atom. The van der Waals surface area contributed by atoms with Gasteiger partial charge in [-0.2, -0.15) is 0 Å². The van der Waals surface area contributed by atoms with Crippen molar-refractivity contribution in [1.82, 2.24) is 0 Å². The molecule has 2 aromatic carbocycles. The van der Waals surface area contributed by atoms with Crippen LogP contribution in [0.15, 0.2) is 48.5 Å². The number of para-hydroxylation sites is 1. The number of hydrogen-bond donors (Lipinski definition) is 2. The van der Waals surface area contributed by atoms with E-state index in [2.05, 4.69) is 16.7 Å². The van der Waals surface area contributed by atoms with Crippen LogP contribution in [0.4, 0.5) is 11.4 Å². The Labute approximate surface area is 120 Å². The summed E-state index contributed by atoms with van der Waals surface area (Å²) in [6.07, 6.45) is 0. The van der Waals surface area contributed by atoms with Crippen LogP contribution in [-0.4, -0.2) is 11.9 Å². The van der Waals surface area contributed by atoms with Gasteiger partial charge in [0.1, 0.15) is 6.04 Å². The van der Waals surface area contributed by atoms with Crippen LogP contribution in [0.5, 0.6) is 0 Å². The van der Waals surface area contributed by atoms with Gasteiger partial charge in [0.05, 0.1) is 0 Å². The highest BCUT2D eigenvalue weighted by molar-refractivity contribution is 5.96. The Morgan fingerprint density at radius 3 is 2.15 bits per heavy atom. The van der Waals surface area contributed by atoms with Gasteiger partial charge in [0.15, 0.2) is 0 Å². The highest BCUT2D eigenvalue weighted by Crippen LogP contribution is 2.15. The van der Waals surface area contributed by atoms with Gasteiger partial charge in [-0.25, -0.2) is 0 Å². The van der Waals surface area contributed by atoms with Crippen molar-refractivity contribution in [2.45, 2.75) is 26.8 Å². The first-order chi connectivity index (χ1) is 9.54. The van der Waals surface area contributed by atoms with E-state index >= 15 is 0 Å². The number of aryl methyl sites for hydroxylation is 2. The van der Waals surface area contributed by atoms with Crippen LogP contribution >= 0.6 is 0 Å². The van der Waals surface area contributed by atoms with Crippen LogP contribution in [0.1, 0.15) is 18.1 Å². The van der Waals surface area contributed by atoms with Crippen LogP contribution in [0.2, 0.25) is 0 Å². The van der Waals surface area contributed by atoms with Crippen LogP contribution in [0.25, 0.3) is 0 Å². The minimum Gasteiger partial charge on any atom is -0.374 e. The highest BCUT2D eigenvalue weighted by atomic mass is 16.2. The molecule has 3 heteroatoms. The standard InChI is InChI=1S/C17H20N2O/c1-12-9-13(2)11-16(10-12)18-14(3)17(20)19-15-7-5-4-6-8-15/h4-11,14,18H,1-3H3,(H,19,20). The summed E-state index contributed by atoms with van der Waals surface area (Å²) in [7, 11) is 0. The molecule has 0 aromatic heterocycles. The Balaban J connectivity index is 2.00. The summed E-state index contributed by atoms with van der Waals surface area (Å²) in [6.45, 7) is 5.95. The number of carbonyl (C=O) groups is 1. The van der Waals surface area contributed by atoms with Crippen molar-refractivity contribution in [2.75, 3.05) is 10.6 Å². The maximum Gasteiger partial charge on any atom is 0.246 e. The predicted octanol–water partition coefficient (Wildman–Crippen LogP) is 3.74. The smallest absolute Gasteiger partial charge is 0.246 e. The van der Waals surface area contributed by atoms with Crippen molar-refractivity contribution < 1.29 is 4.79 Å². The van der Waals surface area contributed by atoms with Crippen LogP contribution in [0.3, 0.4) is 0 Å². The van der Waals surface area contributed by atoms with E-state index in [4.69, 9.17) is 0 Å². The van der Waals surface area contributed by atoms with Crippen molar-refractivity contribution >= 4 is 17.3 Å². The zero-order valence-corrected chi connectivity index (χ0v) is 12.1. The van der Waals surface area contributed by atoms with Gasteiger partial charge in [-0.3, -0.25) is 4.79 Å². The molecule has 2 rings (SSSR count). The van der Waals surface area contributed by atoms with Crippen molar-refractivity contribution in [1.29, 1.82) is 0 Å². The predicted molar refractivity (Wildman–Crippen MR) is 84.1 cm³/mol. The fourth-order valence-electron chi connectivity index (χ4n) is 2.15. The molecule has 0 fully saturated rings. The normalized spacial score (nSPS) is 11.8.